The highest BCUT2D eigenvalue weighted by molar-refractivity contribution is 9.10. The van der Waals surface area contributed by atoms with Crippen molar-refractivity contribution < 1.29 is 9.47 Å². The van der Waals surface area contributed by atoms with Gasteiger partial charge in [-0.25, -0.2) is 4.98 Å². The van der Waals surface area contributed by atoms with Crippen LogP contribution in [0.2, 0.25) is 0 Å². The van der Waals surface area contributed by atoms with E-state index in [0.29, 0.717) is 29.0 Å². The molecule has 0 spiro atoms. The van der Waals surface area contributed by atoms with Crippen LogP contribution in [0.1, 0.15) is 16.8 Å². The molecule has 0 fully saturated rings. The standard InChI is InChI=1S/C14H14BrN3O3/c1-8-12(15)14(19)18(6-17-8)4-9-2-11(16)3-10-5-20-7-21-13(9)10/h2-3,6H,4-5,7,16H2,1H3. The van der Waals surface area contributed by atoms with Gasteiger partial charge in [-0.2, -0.15) is 0 Å². The summed E-state index contributed by atoms with van der Waals surface area (Å²) in [6, 6.07) is 3.63. The van der Waals surface area contributed by atoms with Crippen LogP contribution in [0.15, 0.2) is 27.7 Å². The Hall–Kier alpha value is -1.86. The average molecular weight is 352 g/mol. The van der Waals surface area contributed by atoms with Gasteiger partial charge in [-0.3, -0.25) is 9.36 Å². The number of fused-ring (bicyclic) bond motifs is 1. The van der Waals surface area contributed by atoms with Crippen molar-refractivity contribution in [2.24, 2.45) is 0 Å². The molecule has 110 valence electrons. The summed E-state index contributed by atoms with van der Waals surface area (Å²) in [5.41, 5.74) is 8.78. The summed E-state index contributed by atoms with van der Waals surface area (Å²) in [5.74, 6) is 0.735. The summed E-state index contributed by atoms with van der Waals surface area (Å²) in [7, 11) is 0. The number of nitrogen functional groups attached to an aromatic ring is 1. The van der Waals surface area contributed by atoms with E-state index >= 15 is 0 Å². The van der Waals surface area contributed by atoms with Crippen molar-refractivity contribution in [1.29, 1.82) is 0 Å². The monoisotopic (exact) mass is 351 g/mol. The Morgan fingerprint density at radius 2 is 2.29 bits per heavy atom. The summed E-state index contributed by atoms with van der Waals surface area (Å²) in [6.45, 7) is 2.78. The van der Waals surface area contributed by atoms with Crippen LogP contribution < -0.4 is 16.0 Å². The van der Waals surface area contributed by atoms with E-state index in [1.54, 1.807) is 6.92 Å². The Morgan fingerprint density at radius 1 is 1.48 bits per heavy atom. The van der Waals surface area contributed by atoms with Gasteiger partial charge in [0.25, 0.3) is 5.56 Å². The third-order valence-electron chi connectivity index (χ3n) is 3.31. The molecule has 0 atom stereocenters. The zero-order valence-corrected chi connectivity index (χ0v) is 13.0. The molecular weight excluding hydrogens is 338 g/mol. The molecule has 6 nitrogen and oxygen atoms in total. The van der Waals surface area contributed by atoms with Crippen molar-refractivity contribution >= 4 is 21.6 Å². The number of nitrogens with two attached hydrogens (primary N) is 1. The highest BCUT2D eigenvalue weighted by Gasteiger charge is 2.17. The number of benzene rings is 1. The molecule has 0 saturated carbocycles. The molecule has 1 aliphatic heterocycles. The lowest BCUT2D eigenvalue weighted by molar-refractivity contribution is -0.0170. The Morgan fingerprint density at radius 3 is 3.10 bits per heavy atom. The number of ether oxygens (including phenoxy) is 2. The molecule has 1 aromatic heterocycles. The van der Waals surface area contributed by atoms with Crippen molar-refractivity contribution in [2.75, 3.05) is 12.5 Å². The fraction of sp³-hybridized carbons (Fsp3) is 0.286. The van der Waals surface area contributed by atoms with Gasteiger partial charge in [0.1, 0.15) is 10.2 Å². The van der Waals surface area contributed by atoms with E-state index < -0.39 is 0 Å². The predicted molar refractivity (Wildman–Crippen MR) is 81.2 cm³/mol. The second-order valence-corrected chi connectivity index (χ2v) is 5.65. The number of hydrogen-bond donors (Lipinski definition) is 1. The third-order valence-corrected chi connectivity index (χ3v) is 4.22. The van der Waals surface area contributed by atoms with Gasteiger partial charge in [0.15, 0.2) is 6.79 Å². The minimum absolute atomic E-state index is 0.134. The van der Waals surface area contributed by atoms with Gasteiger partial charge in [0, 0.05) is 16.8 Å². The van der Waals surface area contributed by atoms with Crippen molar-refractivity contribution in [2.45, 2.75) is 20.1 Å². The van der Waals surface area contributed by atoms with Crippen LogP contribution >= 0.6 is 15.9 Å². The zero-order valence-electron chi connectivity index (χ0n) is 11.4. The minimum Gasteiger partial charge on any atom is -0.467 e. The molecule has 0 unspecified atom stereocenters. The van der Waals surface area contributed by atoms with Gasteiger partial charge in [-0.05, 0) is 35.0 Å². The van der Waals surface area contributed by atoms with Crippen LogP contribution in [0, 0.1) is 6.92 Å². The lowest BCUT2D eigenvalue weighted by Crippen LogP contribution is -2.24. The first-order valence-electron chi connectivity index (χ1n) is 6.39. The largest absolute Gasteiger partial charge is 0.467 e. The topological polar surface area (TPSA) is 79.4 Å². The first-order chi connectivity index (χ1) is 10.1. The number of hydrogen-bond acceptors (Lipinski definition) is 5. The summed E-state index contributed by atoms with van der Waals surface area (Å²) >= 11 is 3.26. The maximum atomic E-state index is 12.2. The predicted octanol–water partition coefficient (Wildman–Crippen LogP) is 1.81. The molecule has 0 amide bonds. The quantitative estimate of drug-likeness (QED) is 0.834. The van der Waals surface area contributed by atoms with E-state index in [4.69, 9.17) is 15.2 Å². The van der Waals surface area contributed by atoms with Gasteiger partial charge in [0.2, 0.25) is 0 Å². The molecule has 21 heavy (non-hydrogen) atoms. The van der Waals surface area contributed by atoms with E-state index in [2.05, 4.69) is 20.9 Å². The van der Waals surface area contributed by atoms with Crippen LogP contribution in [-0.4, -0.2) is 16.3 Å². The van der Waals surface area contributed by atoms with E-state index in [1.807, 2.05) is 12.1 Å². The van der Waals surface area contributed by atoms with E-state index in [9.17, 15) is 4.79 Å². The number of rotatable bonds is 2. The van der Waals surface area contributed by atoms with Crippen LogP contribution in [0.25, 0.3) is 0 Å². The Balaban J connectivity index is 2.05. The fourth-order valence-corrected chi connectivity index (χ4v) is 2.62. The lowest BCUT2D eigenvalue weighted by Gasteiger charge is -2.21. The van der Waals surface area contributed by atoms with E-state index in [1.165, 1.54) is 10.9 Å². The van der Waals surface area contributed by atoms with Crippen molar-refractivity contribution in [3.8, 4) is 5.75 Å². The normalized spacial score (nSPS) is 13.6. The van der Waals surface area contributed by atoms with Crippen LogP contribution in [0.5, 0.6) is 5.75 Å². The van der Waals surface area contributed by atoms with Gasteiger partial charge >= 0.3 is 0 Å². The minimum atomic E-state index is -0.134. The van der Waals surface area contributed by atoms with Crippen LogP contribution in [0.4, 0.5) is 5.69 Å². The highest BCUT2D eigenvalue weighted by Crippen LogP contribution is 2.31. The van der Waals surface area contributed by atoms with Crippen molar-refractivity contribution in [3.63, 3.8) is 0 Å². The zero-order chi connectivity index (χ0) is 15.0. The lowest BCUT2D eigenvalue weighted by atomic mass is 10.1. The number of halogens is 1. The summed E-state index contributed by atoms with van der Waals surface area (Å²) in [6.07, 6.45) is 1.53. The smallest absolute Gasteiger partial charge is 0.268 e. The summed E-state index contributed by atoms with van der Waals surface area (Å²) in [5, 5.41) is 0. The second kappa shape index (κ2) is 5.50. The van der Waals surface area contributed by atoms with E-state index in [0.717, 1.165) is 16.9 Å². The van der Waals surface area contributed by atoms with Crippen molar-refractivity contribution in [1.82, 2.24) is 9.55 Å². The molecular formula is C14H14BrN3O3. The molecule has 3 rings (SSSR count). The number of aryl methyl sites for hydroxylation is 1. The second-order valence-electron chi connectivity index (χ2n) is 4.86. The van der Waals surface area contributed by atoms with Crippen LogP contribution in [-0.2, 0) is 17.9 Å². The molecule has 7 heteroatoms. The number of aromatic nitrogens is 2. The highest BCUT2D eigenvalue weighted by atomic mass is 79.9. The molecule has 1 aliphatic rings. The van der Waals surface area contributed by atoms with Gasteiger partial charge in [-0.1, -0.05) is 0 Å². The molecule has 0 radical (unpaired) electrons. The Labute approximate surface area is 129 Å². The maximum absolute atomic E-state index is 12.2. The van der Waals surface area contributed by atoms with Crippen LogP contribution in [0.3, 0.4) is 0 Å². The summed E-state index contributed by atoms with van der Waals surface area (Å²) in [4.78, 5) is 16.4. The first kappa shape index (κ1) is 14.1. The van der Waals surface area contributed by atoms with E-state index in [-0.39, 0.29) is 12.4 Å². The number of anilines is 1. The van der Waals surface area contributed by atoms with Crippen molar-refractivity contribution in [3.05, 3.63) is 50.1 Å². The van der Waals surface area contributed by atoms with Gasteiger partial charge in [0.05, 0.1) is 25.2 Å². The molecule has 0 aliphatic carbocycles. The average Bonchev–Trinajstić information content (AvgIpc) is 2.47. The number of nitrogens with zero attached hydrogens (tertiary/aromatic N) is 2. The molecule has 0 saturated heterocycles. The third kappa shape index (κ3) is 2.66. The van der Waals surface area contributed by atoms with Gasteiger partial charge < -0.3 is 15.2 Å². The van der Waals surface area contributed by atoms with Gasteiger partial charge in [-0.15, -0.1) is 0 Å². The Kier molecular flexibility index (Phi) is 3.69. The molecule has 2 aromatic rings. The molecule has 0 bridgehead atoms. The Bertz CT molecular complexity index is 758. The molecule has 2 N–H and O–H groups in total. The SMILES string of the molecule is Cc1ncn(Cc2cc(N)cc3c2OCOC3)c(=O)c1Br. The summed E-state index contributed by atoms with van der Waals surface area (Å²) < 4.78 is 12.8. The fourth-order valence-electron chi connectivity index (χ4n) is 2.29. The molecule has 1 aromatic carbocycles. The molecule has 2 heterocycles. The maximum Gasteiger partial charge on any atom is 0.268 e. The first-order valence-corrected chi connectivity index (χ1v) is 7.19.